The van der Waals surface area contributed by atoms with Crippen molar-refractivity contribution in [1.29, 1.82) is 0 Å². The van der Waals surface area contributed by atoms with E-state index < -0.39 is 0 Å². The van der Waals surface area contributed by atoms with E-state index in [9.17, 15) is 0 Å². The van der Waals surface area contributed by atoms with E-state index in [1.807, 2.05) is 0 Å². The van der Waals surface area contributed by atoms with E-state index in [-0.39, 0.29) is 10.0 Å². The second-order valence-corrected chi connectivity index (χ2v) is 1.70. The second-order valence-electron chi connectivity index (χ2n) is 1.00. The van der Waals surface area contributed by atoms with Gasteiger partial charge in [-0.3, -0.25) is 0 Å². The van der Waals surface area contributed by atoms with E-state index in [0.29, 0.717) is 0 Å². The van der Waals surface area contributed by atoms with E-state index in [1.54, 1.807) is 6.61 Å². The van der Waals surface area contributed by atoms with Crippen LogP contribution >= 0.6 is 0 Å². The molecule has 0 N–H and O–H groups in total. The smallest absolute Gasteiger partial charge is 0.385 e. The molecule has 0 aliphatic carbocycles. The highest BCUT2D eigenvalue weighted by molar-refractivity contribution is 6.18. The van der Waals surface area contributed by atoms with Gasteiger partial charge in [-0.1, -0.05) is 0 Å². The van der Waals surface area contributed by atoms with Crippen LogP contribution in [0.2, 0.25) is 0 Å². The first-order valence-electron chi connectivity index (χ1n) is 1.84. The molecule has 1 aliphatic heterocycles. The van der Waals surface area contributed by atoms with Gasteiger partial charge in [-0.2, -0.15) is 0 Å². The van der Waals surface area contributed by atoms with Gasteiger partial charge in [0.2, 0.25) is 6.61 Å². The summed E-state index contributed by atoms with van der Waals surface area (Å²) in [5, 5.41) is 0. The average molecular weight is 101 g/mol. The minimum absolute atomic E-state index is 0.246. The van der Waals surface area contributed by atoms with E-state index in [4.69, 9.17) is 8.85 Å². The van der Waals surface area contributed by atoms with Gasteiger partial charge in [0.05, 0.1) is 6.61 Å². The molecule has 1 heterocycles. The van der Waals surface area contributed by atoms with Gasteiger partial charge >= 0.3 is 10.0 Å². The molecule has 0 saturated carbocycles. The molecule has 1 aliphatic rings. The molecule has 0 aromatic heterocycles. The Morgan fingerprint density at radius 1 is 1.67 bits per heavy atom. The minimum Gasteiger partial charge on any atom is -0.385 e. The SMILES string of the molecule is [CH+]1CCO[Si]O1. The number of hydrogen-bond donors (Lipinski definition) is 0. The van der Waals surface area contributed by atoms with Crippen molar-refractivity contribution in [3.05, 3.63) is 6.61 Å². The molecule has 2 radical (unpaired) electrons. The van der Waals surface area contributed by atoms with E-state index in [0.717, 1.165) is 13.0 Å². The maximum atomic E-state index is 4.84. The van der Waals surface area contributed by atoms with Crippen LogP contribution < -0.4 is 0 Å². The third-order valence-electron chi connectivity index (χ3n) is 0.528. The third kappa shape index (κ3) is 1.00. The van der Waals surface area contributed by atoms with Crippen molar-refractivity contribution < 1.29 is 8.85 Å². The Morgan fingerprint density at radius 2 is 2.67 bits per heavy atom. The summed E-state index contributed by atoms with van der Waals surface area (Å²) in [4.78, 5) is 0. The molecular weight excluding hydrogens is 96.1 g/mol. The lowest BCUT2D eigenvalue weighted by Crippen LogP contribution is -2.10. The van der Waals surface area contributed by atoms with Crippen molar-refractivity contribution in [2.75, 3.05) is 6.61 Å². The largest absolute Gasteiger partial charge is 0.500 e. The van der Waals surface area contributed by atoms with Crippen molar-refractivity contribution in [2.45, 2.75) is 6.42 Å². The molecule has 0 amide bonds. The molecule has 1 saturated heterocycles. The van der Waals surface area contributed by atoms with E-state index in [1.165, 1.54) is 0 Å². The lowest BCUT2D eigenvalue weighted by molar-refractivity contribution is 0.199. The molecule has 0 atom stereocenters. The number of rotatable bonds is 0. The monoisotopic (exact) mass is 101 g/mol. The Labute approximate surface area is 39.5 Å². The molecule has 6 heavy (non-hydrogen) atoms. The summed E-state index contributed by atoms with van der Waals surface area (Å²) in [6, 6.07) is 0. The van der Waals surface area contributed by atoms with E-state index >= 15 is 0 Å². The summed E-state index contributed by atoms with van der Waals surface area (Å²) in [6.45, 7) is 2.61. The van der Waals surface area contributed by atoms with Gasteiger partial charge in [0.1, 0.15) is 6.42 Å². The van der Waals surface area contributed by atoms with Gasteiger partial charge < -0.3 is 4.43 Å². The molecule has 1 rings (SSSR count). The summed E-state index contributed by atoms with van der Waals surface area (Å²) < 4.78 is 9.59. The van der Waals surface area contributed by atoms with Crippen molar-refractivity contribution in [2.24, 2.45) is 0 Å². The molecule has 0 spiro atoms. The Bertz CT molecular complexity index is 24.3. The summed E-state index contributed by atoms with van der Waals surface area (Å²) in [6.07, 6.45) is 0.938. The van der Waals surface area contributed by atoms with Crippen LogP contribution in [-0.2, 0) is 8.85 Å². The topological polar surface area (TPSA) is 18.5 Å². The predicted octanol–water partition coefficient (Wildman–Crippen LogP) is 0.119. The maximum Gasteiger partial charge on any atom is 0.500 e. The first-order chi connectivity index (χ1) is 3.00. The lowest BCUT2D eigenvalue weighted by atomic mass is 10.5. The zero-order valence-corrected chi connectivity index (χ0v) is 4.31. The van der Waals surface area contributed by atoms with Crippen LogP contribution in [0.4, 0.5) is 0 Å². The normalized spacial score (nSPS) is 22.7. The van der Waals surface area contributed by atoms with Crippen LogP contribution in [-0.4, -0.2) is 16.6 Å². The van der Waals surface area contributed by atoms with Crippen molar-refractivity contribution >= 4 is 10.0 Å². The van der Waals surface area contributed by atoms with Crippen molar-refractivity contribution in [1.82, 2.24) is 0 Å². The lowest BCUT2D eigenvalue weighted by Gasteiger charge is -1.97. The number of hydrogen-bond acceptors (Lipinski definition) is 2. The zero-order valence-electron chi connectivity index (χ0n) is 3.31. The summed E-state index contributed by atoms with van der Waals surface area (Å²) >= 11 is 0. The molecule has 1 fully saturated rings. The fourth-order valence-corrected chi connectivity index (χ4v) is 0.731. The third-order valence-corrected chi connectivity index (χ3v) is 1.11. The Kier molecular flexibility index (Phi) is 1.55. The zero-order chi connectivity index (χ0) is 4.24. The average Bonchev–Trinajstić information content (AvgIpc) is 1.72. The van der Waals surface area contributed by atoms with Crippen LogP contribution in [0.3, 0.4) is 0 Å². The van der Waals surface area contributed by atoms with Crippen LogP contribution in [0.15, 0.2) is 0 Å². The van der Waals surface area contributed by atoms with Crippen LogP contribution in [0.5, 0.6) is 0 Å². The summed E-state index contributed by atoms with van der Waals surface area (Å²) in [5.41, 5.74) is 0. The molecule has 32 valence electrons. The highest BCUT2D eigenvalue weighted by Gasteiger charge is 2.09. The van der Waals surface area contributed by atoms with Crippen LogP contribution in [0, 0.1) is 6.61 Å². The summed E-state index contributed by atoms with van der Waals surface area (Å²) in [7, 11) is 0.246. The Morgan fingerprint density at radius 3 is 2.83 bits per heavy atom. The quantitative estimate of drug-likeness (QED) is 0.319. The molecule has 0 aromatic rings. The fourth-order valence-electron chi connectivity index (χ4n) is 0.276. The Balaban J connectivity index is 2.00. The highest BCUT2D eigenvalue weighted by Crippen LogP contribution is 1.94. The van der Waals surface area contributed by atoms with Gasteiger partial charge in [-0.05, 0) is 0 Å². The molecule has 2 nitrogen and oxygen atoms in total. The van der Waals surface area contributed by atoms with Crippen molar-refractivity contribution in [3.8, 4) is 0 Å². The van der Waals surface area contributed by atoms with E-state index in [2.05, 4.69) is 0 Å². The first-order valence-corrected chi connectivity index (χ1v) is 2.66. The molecule has 0 unspecified atom stereocenters. The molecule has 0 bridgehead atoms. The van der Waals surface area contributed by atoms with Gasteiger partial charge in [0.15, 0.2) is 0 Å². The fraction of sp³-hybridized carbons (Fsp3) is 0.667. The summed E-state index contributed by atoms with van der Waals surface area (Å²) in [5.74, 6) is 0. The molecule has 3 heteroatoms. The predicted molar refractivity (Wildman–Crippen MR) is 21.7 cm³/mol. The second kappa shape index (κ2) is 2.23. The maximum absolute atomic E-state index is 4.84. The highest BCUT2D eigenvalue weighted by atomic mass is 28.3. The first kappa shape index (κ1) is 4.17. The van der Waals surface area contributed by atoms with Gasteiger partial charge in [0, 0.05) is 0 Å². The van der Waals surface area contributed by atoms with Crippen LogP contribution in [0.25, 0.3) is 0 Å². The minimum atomic E-state index is 0.246. The van der Waals surface area contributed by atoms with Crippen molar-refractivity contribution in [3.63, 3.8) is 0 Å². The van der Waals surface area contributed by atoms with Gasteiger partial charge in [-0.25, -0.2) is 4.43 Å². The van der Waals surface area contributed by atoms with Gasteiger partial charge in [0.25, 0.3) is 0 Å². The van der Waals surface area contributed by atoms with Gasteiger partial charge in [-0.15, -0.1) is 0 Å². The molecule has 0 aromatic carbocycles. The Hall–Kier alpha value is 0.00688. The van der Waals surface area contributed by atoms with Crippen LogP contribution in [0.1, 0.15) is 6.42 Å². The standard InChI is InChI=1S/C3H5O2Si/c1-2-4-6-5-3-1/h2H,1,3H2/q+1. The molecular formula is C3H5O2Si+.